The van der Waals surface area contributed by atoms with E-state index in [1.165, 1.54) is 5.69 Å². The standard InChI is InChI=1S/C19H28N6O.HI/c1-3-20-19(21-11-7-10-18-22-16(2)23-26-18)25-14-12-24(13-15-25)17-8-5-4-6-9-17;/h4-6,8-9H,3,7,10-15H2,1-2H3,(H,20,21);1H. The molecule has 1 aromatic carbocycles. The van der Waals surface area contributed by atoms with Gasteiger partial charge in [0.2, 0.25) is 5.89 Å². The number of benzene rings is 1. The number of aromatic nitrogens is 2. The minimum absolute atomic E-state index is 0. The van der Waals surface area contributed by atoms with Gasteiger partial charge in [-0.2, -0.15) is 4.98 Å². The SMILES string of the molecule is CCNC(=NCCCc1nc(C)no1)N1CCN(c2ccccc2)CC1.I. The number of hydrogen-bond acceptors (Lipinski definition) is 5. The summed E-state index contributed by atoms with van der Waals surface area (Å²) in [5.41, 5.74) is 1.30. The molecule has 1 aliphatic rings. The Hall–Kier alpha value is -1.84. The number of anilines is 1. The predicted octanol–water partition coefficient (Wildman–Crippen LogP) is 2.72. The van der Waals surface area contributed by atoms with E-state index >= 15 is 0 Å². The Morgan fingerprint density at radius 1 is 1.19 bits per heavy atom. The Kier molecular flexibility index (Phi) is 8.83. The quantitative estimate of drug-likeness (QED) is 0.295. The van der Waals surface area contributed by atoms with Crippen molar-refractivity contribution in [2.45, 2.75) is 26.7 Å². The summed E-state index contributed by atoms with van der Waals surface area (Å²) in [5.74, 6) is 2.38. The van der Waals surface area contributed by atoms with Crippen LogP contribution in [0.3, 0.4) is 0 Å². The van der Waals surface area contributed by atoms with Crippen molar-refractivity contribution in [1.29, 1.82) is 0 Å². The number of aryl methyl sites for hydroxylation is 2. The Morgan fingerprint density at radius 2 is 1.93 bits per heavy atom. The molecule has 8 heteroatoms. The summed E-state index contributed by atoms with van der Waals surface area (Å²) < 4.78 is 5.15. The molecule has 0 atom stereocenters. The van der Waals surface area contributed by atoms with Crippen LogP contribution >= 0.6 is 24.0 Å². The molecule has 0 aliphatic carbocycles. The Balaban J connectivity index is 0.00000261. The van der Waals surface area contributed by atoms with E-state index in [0.717, 1.165) is 58.1 Å². The van der Waals surface area contributed by atoms with Gasteiger partial charge in [0, 0.05) is 51.4 Å². The second kappa shape index (κ2) is 11.1. The second-order valence-corrected chi connectivity index (χ2v) is 6.38. The summed E-state index contributed by atoms with van der Waals surface area (Å²) in [4.78, 5) is 13.8. The van der Waals surface area contributed by atoms with Gasteiger partial charge in [-0.25, -0.2) is 0 Å². The largest absolute Gasteiger partial charge is 0.368 e. The number of rotatable bonds is 6. The Labute approximate surface area is 178 Å². The molecule has 0 radical (unpaired) electrons. The average Bonchev–Trinajstić information content (AvgIpc) is 3.10. The summed E-state index contributed by atoms with van der Waals surface area (Å²) in [5, 5.41) is 7.23. The van der Waals surface area contributed by atoms with E-state index in [1.54, 1.807) is 0 Å². The first-order chi connectivity index (χ1) is 12.8. The third kappa shape index (κ3) is 6.37. The van der Waals surface area contributed by atoms with Gasteiger partial charge in [0.05, 0.1) is 0 Å². The van der Waals surface area contributed by atoms with E-state index in [9.17, 15) is 0 Å². The van der Waals surface area contributed by atoms with Gasteiger partial charge in [-0.15, -0.1) is 24.0 Å². The number of nitrogens with zero attached hydrogens (tertiary/aromatic N) is 5. The molecule has 0 unspecified atom stereocenters. The highest BCUT2D eigenvalue weighted by molar-refractivity contribution is 14.0. The molecule has 148 valence electrons. The van der Waals surface area contributed by atoms with Crippen LogP contribution in [0.5, 0.6) is 0 Å². The fraction of sp³-hybridized carbons (Fsp3) is 0.526. The number of piperazine rings is 1. The molecule has 1 N–H and O–H groups in total. The van der Waals surface area contributed by atoms with Crippen molar-refractivity contribution in [3.63, 3.8) is 0 Å². The molecule has 7 nitrogen and oxygen atoms in total. The van der Waals surface area contributed by atoms with Gasteiger partial charge >= 0.3 is 0 Å². The number of halogens is 1. The maximum absolute atomic E-state index is 5.15. The molecule has 0 saturated carbocycles. The summed E-state index contributed by atoms with van der Waals surface area (Å²) in [6, 6.07) is 10.6. The van der Waals surface area contributed by atoms with Crippen molar-refractivity contribution in [3.05, 3.63) is 42.0 Å². The lowest BCUT2D eigenvalue weighted by Crippen LogP contribution is -2.52. The summed E-state index contributed by atoms with van der Waals surface area (Å²) in [6.07, 6.45) is 1.67. The normalized spacial score (nSPS) is 14.8. The van der Waals surface area contributed by atoms with Gasteiger partial charge in [-0.05, 0) is 32.4 Å². The van der Waals surface area contributed by atoms with E-state index in [0.29, 0.717) is 11.7 Å². The first-order valence-corrected chi connectivity index (χ1v) is 9.38. The fourth-order valence-corrected chi connectivity index (χ4v) is 3.10. The minimum atomic E-state index is 0. The molecule has 1 fully saturated rings. The van der Waals surface area contributed by atoms with Crippen LogP contribution in [0.1, 0.15) is 25.1 Å². The minimum Gasteiger partial charge on any atom is -0.368 e. The van der Waals surface area contributed by atoms with E-state index < -0.39 is 0 Å². The van der Waals surface area contributed by atoms with Crippen molar-refractivity contribution in [2.75, 3.05) is 44.2 Å². The van der Waals surface area contributed by atoms with Crippen LogP contribution in [-0.4, -0.2) is 60.3 Å². The van der Waals surface area contributed by atoms with Crippen molar-refractivity contribution >= 4 is 35.6 Å². The van der Waals surface area contributed by atoms with Crippen LogP contribution in [0.4, 0.5) is 5.69 Å². The first kappa shape index (κ1) is 21.5. The fourth-order valence-electron chi connectivity index (χ4n) is 3.10. The number of nitrogens with one attached hydrogen (secondary N) is 1. The molecule has 3 rings (SSSR count). The molecule has 0 amide bonds. The lowest BCUT2D eigenvalue weighted by molar-refractivity contribution is 0.368. The molecule has 0 bridgehead atoms. The molecular formula is C19H29IN6O. The molecule has 27 heavy (non-hydrogen) atoms. The lowest BCUT2D eigenvalue weighted by Gasteiger charge is -2.37. The summed E-state index contributed by atoms with van der Waals surface area (Å²) >= 11 is 0. The summed E-state index contributed by atoms with van der Waals surface area (Å²) in [7, 11) is 0. The van der Waals surface area contributed by atoms with Crippen LogP contribution in [0.2, 0.25) is 0 Å². The molecular weight excluding hydrogens is 455 g/mol. The first-order valence-electron chi connectivity index (χ1n) is 9.38. The van der Waals surface area contributed by atoms with E-state index in [-0.39, 0.29) is 24.0 Å². The predicted molar refractivity (Wildman–Crippen MR) is 119 cm³/mol. The lowest BCUT2D eigenvalue weighted by atomic mass is 10.2. The topological polar surface area (TPSA) is 69.8 Å². The smallest absolute Gasteiger partial charge is 0.226 e. The van der Waals surface area contributed by atoms with E-state index in [2.05, 4.69) is 62.5 Å². The van der Waals surface area contributed by atoms with Gasteiger partial charge in [0.15, 0.2) is 11.8 Å². The molecule has 2 heterocycles. The van der Waals surface area contributed by atoms with E-state index in [4.69, 9.17) is 9.52 Å². The van der Waals surface area contributed by atoms with Gasteiger partial charge in [0.1, 0.15) is 0 Å². The zero-order valence-electron chi connectivity index (χ0n) is 16.1. The van der Waals surface area contributed by atoms with Crippen molar-refractivity contribution < 1.29 is 4.52 Å². The highest BCUT2D eigenvalue weighted by atomic mass is 127. The third-order valence-corrected chi connectivity index (χ3v) is 4.42. The molecule has 1 aliphatic heterocycles. The Morgan fingerprint density at radius 3 is 2.56 bits per heavy atom. The molecule has 2 aromatic rings. The van der Waals surface area contributed by atoms with Crippen LogP contribution in [0.15, 0.2) is 39.8 Å². The molecule has 1 aromatic heterocycles. The van der Waals surface area contributed by atoms with Gasteiger partial charge in [0.25, 0.3) is 0 Å². The van der Waals surface area contributed by atoms with Crippen molar-refractivity contribution in [1.82, 2.24) is 20.4 Å². The third-order valence-electron chi connectivity index (χ3n) is 4.42. The van der Waals surface area contributed by atoms with Crippen molar-refractivity contribution in [3.8, 4) is 0 Å². The monoisotopic (exact) mass is 484 g/mol. The van der Waals surface area contributed by atoms with Crippen LogP contribution in [-0.2, 0) is 6.42 Å². The number of guanidine groups is 1. The highest BCUT2D eigenvalue weighted by Gasteiger charge is 2.19. The zero-order valence-corrected chi connectivity index (χ0v) is 18.4. The van der Waals surface area contributed by atoms with Crippen LogP contribution in [0.25, 0.3) is 0 Å². The van der Waals surface area contributed by atoms with Crippen LogP contribution < -0.4 is 10.2 Å². The van der Waals surface area contributed by atoms with Gasteiger partial charge in [-0.1, -0.05) is 23.4 Å². The van der Waals surface area contributed by atoms with Crippen molar-refractivity contribution in [2.24, 2.45) is 4.99 Å². The molecule has 0 spiro atoms. The van der Waals surface area contributed by atoms with E-state index in [1.807, 2.05) is 6.92 Å². The maximum Gasteiger partial charge on any atom is 0.226 e. The summed E-state index contributed by atoms with van der Waals surface area (Å²) in [6.45, 7) is 9.54. The van der Waals surface area contributed by atoms with Crippen LogP contribution in [0, 0.1) is 6.92 Å². The average molecular weight is 484 g/mol. The second-order valence-electron chi connectivity index (χ2n) is 6.38. The van der Waals surface area contributed by atoms with Gasteiger partial charge in [-0.3, -0.25) is 4.99 Å². The van der Waals surface area contributed by atoms with Gasteiger partial charge < -0.3 is 19.6 Å². The number of aliphatic imine (C=N–C) groups is 1. The number of hydrogen-bond donors (Lipinski definition) is 1. The maximum atomic E-state index is 5.15. The molecule has 1 saturated heterocycles. The highest BCUT2D eigenvalue weighted by Crippen LogP contribution is 2.15. The Bertz CT molecular complexity index is 697. The zero-order chi connectivity index (χ0) is 18.2. The number of para-hydroxylation sites is 1.